The first-order valence-electron chi connectivity index (χ1n) is 11.9. The number of epoxide rings is 2. The van der Waals surface area contributed by atoms with E-state index in [1.54, 1.807) is 0 Å². The van der Waals surface area contributed by atoms with Crippen molar-refractivity contribution in [2.45, 2.75) is 115 Å². The number of fused-ring (bicyclic) bond motifs is 2. The van der Waals surface area contributed by atoms with Gasteiger partial charge in [0, 0.05) is 19.3 Å². The monoisotopic (exact) mass is 412 g/mol. The molecule has 28 heavy (non-hydrogen) atoms. The van der Waals surface area contributed by atoms with Crippen LogP contribution in [0.25, 0.3) is 0 Å². The first-order chi connectivity index (χ1) is 13.6. The van der Waals surface area contributed by atoms with E-state index in [2.05, 4.69) is 27.7 Å². The van der Waals surface area contributed by atoms with Gasteiger partial charge in [-0.2, -0.15) is 0 Å². The average Bonchev–Trinajstić information content (AvgIpc) is 3.61. The Morgan fingerprint density at radius 3 is 2.00 bits per heavy atom. The minimum absolute atomic E-state index is 0.157. The Kier molecular flexibility index (Phi) is 6.56. The van der Waals surface area contributed by atoms with Crippen LogP contribution in [0.15, 0.2) is 0 Å². The fourth-order valence-corrected chi connectivity index (χ4v) is 8.61. The molecule has 0 aromatic rings. The van der Waals surface area contributed by atoms with Gasteiger partial charge in [-0.1, -0.05) is 13.8 Å². The lowest BCUT2D eigenvalue weighted by Gasteiger charge is -2.48. The first kappa shape index (κ1) is 21.3. The maximum absolute atomic E-state index is 7.16. The van der Waals surface area contributed by atoms with Crippen LogP contribution in [0, 0.1) is 11.8 Å². The molecule has 2 aliphatic heterocycles. The van der Waals surface area contributed by atoms with Crippen molar-refractivity contribution in [1.82, 2.24) is 0 Å². The van der Waals surface area contributed by atoms with E-state index in [-0.39, 0.29) is 5.60 Å². The van der Waals surface area contributed by atoms with E-state index in [9.17, 15) is 0 Å². The summed E-state index contributed by atoms with van der Waals surface area (Å²) in [5.74, 6) is 1.23. The van der Waals surface area contributed by atoms with Gasteiger partial charge in [0.15, 0.2) is 0 Å². The zero-order chi connectivity index (χ0) is 19.8. The lowest BCUT2D eigenvalue weighted by Crippen LogP contribution is -2.56. The van der Waals surface area contributed by atoms with Crippen molar-refractivity contribution < 1.29 is 22.8 Å². The van der Waals surface area contributed by atoms with Crippen LogP contribution in [0.3, 0.4) is 0 Å². The standard InChI is InChI=1S/C22H40O5Si/c1-5-22(17-10-12-19-21(14-17)26-19,15-16-9-11-18-20(13-16)25-18)27-28(8-4,23-6-2)24-7-3/h16-21H,5-15H2,1-4H3. The van der Waals surface area contributed by atoms with Crippen LogP contribution < -0.4 is 0 Å². The molecule has 0 aromatic carbocycles. The van der Waals surface area contributed by atoms with Crippen LogP contribution in [-0.4, -0.2) is 52.0 Å². The summed E-state index contributed by atoms with van der Waals surface area (Å²) >= 11 is 0. The topological polar surface area (TPSA) is 52.8 Å². The summed E-state index contributed by atoms with van der Waals surface area (Å²) in [4.78, 5) is 0. The van der Waals surface area contributed by atoms with Gasteiger partial charge in [-0.05, 0) is 77.0 Å². The van der Waals surface area contributed by atoms with E-state index in [1.807, 2.05) is 0 Å². The third-order valence-corrected chi connectivity index (χ3v) is 10.7. The van der Waals surface area contributed by atoms with Crippen LogP contribution in [0.1, 0.15) is 79.1 Å². The summed E-state index contributed by atoms with van der Waals surface area (Å²) in [5.41, 5.74) is -0.157. The molecule has 0 spiro atoms. The summed E-state index contributed by atoms with van der Waals surface area (Å²) in [7, 11) is -2.68. The van der Waals surface area contributed by atoms with Crippen molar-refractivity contribution in [2.75, 3.05) is 13.2 Å². The average molecular weight is 413 g/mol. The highest BCUT2D eigenvalue weighted by atomic mass is 28.4. The largest absolute Gasteiger partial charge is 0.501 e. The van der Waals surface area contributed by atoms with Crippen LogP contribution in [0.5, 0.6) is 0 Å². The van der Waals surface area contributed by atoms with Gasteiger partial charge >= 0.3 is 8.80 Å². The predicted octanol–water partition coefficient (Wildman–Crippen LogP) is 4.71. The number of rotatable bonds is 11. The maximum atomic E-state index is 7.16. The third-order valence-electron chi connectivity index (χ3n) is 7.61. The highest BCUT2D eigenvalue weighted by molar-refractivity contribution is 6.60. The van der Waals surface area contributed by atoms with Crippen LogP contribution >= 0.6 is 0 Å². The summed E-state index contributed by atoms with van der Waals surface area (Å²) in [5, 5.41) is 0. The van der Waals surface area contributed by atoms with E-state index in [4.69, 9.17) is 22.8 Å². The molecule has 0 aromatic heterocycles. The molecule has 162 valence electrons. The molecular formula is C22H40O5Si. The number of hydrogen-bond donors (Lipinski definition) is 0. The molecule has 2 aliphatic carbocycles. The second kappa shape index (κ2) is 8.64. The minimum Gasteiger partial charge on any atom is -0.374 e. The normalized spacial score (nSPS) is 39.0. The third kappa shape index (κ3) is 4.37. The van der Waals surface area contributed by atoms with Gasteiger partial charge in [0.25, 0.3) is 0 Å². The van der Waals surface area contributed by atoms with Gasteiger partial charge in [0.2, 0.25) is 0 Å². The lowest BCUT2D eigenvalue weighted by molar-refractivity contribution is -0.0890. The van der Waals surface area contributed by atoms with E-state index >= 15 is 0 Å². The van der Waals surface area contributed by atoms with Gasteiger partial charge in [0.05, 0.1) is 30.0 Å². The first-order valence-corrected chi connectivity index (χ1v) is 13.8. The number of hydrogen-bond acceptors (Lipinski definition) is 5. The highest BCUT2D eigenvalue weighted by Crippen LogP contribution is 2.51. The summed E-state index contributed by atoms with van der Waals surface area (Å²) in [6, 6.07) is 0.837. The van der Waals surface area contributed by atoms with Crippen molar-refractivity contribution in [2.24, 2.45) is 11.8 Å². The van der Waals surface area contributed by atoms with Crippen molar-refractivity contribution >= 4 is 8.80 Å². The van der Waals surface area contributed by atoms with Crippen LogP contribution in [-0.2, 0) is 22.8 Å². The molecule has 4 fully saturated rings. The summed E-state index contributed by atoms with van der Waals surface area (Å²) in [6.45, 7) is 9.90. The summed E-state index contributed by atoms with van der Waals surface area (Å²) in [6.07, 6.45) is 11.4. The Labute approximate surface area is 172 Å². The molecule has 4 aliphatic rings. The zero-order valence-electron chi connectivity index (χ0n) is 18.3. The molecule has 7 atom stereocenters. The Hall–Kier alpha value is 0.0169. The smallest absolute Gasteiger partial charge is 0.374 e. The van der Waals surface area contributed by atoms with Gasteiger partial charge in [0.1, 0.15) is 0 Å². The van der Waals surface area contributed by atoms with E-state index in [0.29, 0.717) is 49.5 Å². The lowest BCUT2D eigenvalue weighted by atomic mass is 9.69. The molecule has 2 saturated heterocycles. The van der Waals surface area contributed by atoms with E-state index < -0.39 is 8.80 Å². The predicted molar refractivity (Wildman–Crippen MR) is 110 cm³/mol. The molecule has 5 nitrogen and oxygen atoms in total. The molecule has 7 unspecified atom stereocenters. The second-order valence-electron chi connectivity index (χ2n) is 9.24. The SMILES string of the molecule is CCO[Si](CC)(OCC)OC(CC)(CC1CCC2OC2C1)C1CCC2OC2C1. The Balaban J connectivity index is 1.56. The maximum Gasteiger partial charge on any atom is 0.501 e. The van der Waals surface area contributed by atoms with E-state index in [1.165, 1.54) is 32.1 Å². The molecule has 4 rings (SSSR count). The van der Waals surface area contributed by atoms with Crippen LogP contribution in [0.2, 0.25) is 6.04 Å². The molecule has 0 amide bonds. The Morgan fingerprint density at radius 1 is 0.821 bits per heavy atom. The van der Waals surface area contributed by atoms with Crippen molar-refractivity contribution in [3.63, 3.8) is 0 Å². The molecule has 2 heterocycles. The van der Waals surface area contributed by atoms with Crippen molar-refractivity contribution in [3.8, 4) is 0 Å². The zero-order valence-corrected chi connectivity index (χ0v) is 19.3. The molecule has 0 N–H and O–H groups in total. The molecule has 0 radical (unpaired) electrons. The Bertz CT molecular complexity index is 525. The quantitative estimate of drug-likeness (QED) is 0.363. The molecular weight excluding hydrogens is 372 g/mol. The van der Waals surface area contributed by atoms with E-state index in [0.717, 1.165) is 25.3 Å². The number of ether oxygens (including phenoxy) is 2. The van der Waals surface area contributed by atoms with Gasteiger partial charge in [-0.3, -0.25) is 0 Å². The molecule has 2 saturated carbocycles. The van der Waals surface area contributed by atoms with Crippen molar-refractivity contribution in [3.05, 3.63) is 0 Å². The molecule has 0 bridgehead atoms. The van der Waals surface area contributed by atoms with Crippen LogP contribution in [0.4, 0.5) is 0 Å². The molecule has 6 heteroatoms. The van der Waals surface area contributed by atoms with Gasteiger partial charge < -0.3 is 22.8 Å². The second-order valence-corrected chi connectivity index (χ2v) is 12.1. The minimum atomic E-state index is -2.68. The fourth-order valence-electron chi connectivity index (χ4n) is 5.97. The highest BCUT2D eigenvalue weighted by Gasteiger charge is 2.56. The van der Waals surface area contributed by atoms with Gasteiger partial charge in [-0.25, -0.2) is 0 Å². The Morgan fingerprint density at radius 2 is 1.46 bits per heavy atom. The van der Waals surface area contributed by atoms with Crippen molar-refractivity contribution in [1.29, 1.82) is 0 Å². The van der Waals surface area contributed by atoms with Gasteiger partial charge in [-0.15, -0.1) is 0 Å². The fraction of sp³-hybridized carbons (Fsp3) is 1.00. The summed E-state index contributed by atoms with van der Waals surface area (Å²) < 4.78 is 31.4.